The summed E-state index contributed by atoms with van der Waals surface area (Å²) in [7, 11) is 1.54. The van der Waals surface area contributed by atoms with Crippen LogP contribution in [0.1, 0.15) is 20.8 Å². The van der Waals surface area contributed by atoms with Crippen molar-refractivity contribution in [3.63, 3.8) is 0 Å². The summed E-state index contributed by atoms with van der Waals surface area (Å²) in [5, 5.41) is 12.5. The molecule has 0 amide bonds. The van der Waals surface area contributed by atoms with Crippen LogP contribution in [0.2, 0.25) is 5.02 Å². The molecular weight excluding hydrogens is 384 g/mol. The molecule has 28 heavy (non-hydrogen) atoms. The van der Waals surface area contributed by atoms with Gasteiger partial charge in [0.15, 0.2) is 0 Å². The lowest BCUT2D eigenvalue weighted by Crippen LogP contribution is -2.27. The van der Waals surface area contributed by atoms with Crippen LogP contribution in [0.3, 0.4) is 0 Å². The van der Waals surface area contributed by atoms with Gasteiger partial charge in [-0.3, -0.25) is 10.1 Å². The zero-order valence-corrected chi connectivity index (χ0v) is 16.6. The number of carbonyl (C=O) groups is 1. The highest BCUT2D eigenvalue weighted by Gasteiger charge is 2.26. The van der Waals surface area contributed by atoms with Gasteiger partial charge in [0.25, 0.3) is 5.69 Å². The third-order valence-electron chi connectivity index (χ3n) is 4.02. The predicted molar refractivity (Wildman–Crippen MR) is 107 cm³/mol. The van der Waals surface area contributed by atoms with E-state index in [2.05, 4.69) is 0 Å². The SMILES string of the molecule is COc1ccc2c(c1)cc(-c1ccc(Cl)cc1[N+](=O)[O-])n2C(=O)OC(C)(C)C. The van der Waals surface area contributed by atoms with Crippen LogP contribution in [-0.2, 0) is 4.74 Å². The van der Waals surface area contributed by atoms with Crippen molar-refractivity contribution in [2.75, 3.05) is 7.11 Å². The van der Waals surface area contributed by atoms with Gasteiger partial charge in [0.1, 0.15) is 11.4 Å². The third kappa shape index (κ3) is 3.80. The number of ether oxygens (including phenoxy) is 2. The molecule has 1 aromatic heterocycles. The minimum absolute atomic E-state index is 0.202. The molecule has 146 valence electrons. The lowest BCUT2D eigenvalue weighted by Gasteiger charge is -2.21. The van der Waals surface area contributed by atoms with E-state index in [0.717, 1.165) is 0 Å². The van der Waals surface area contributed by atoms with Crippen molar-refractivity contribution in [2.45, 2.75) is 26.4 Å². The molecule has 0 unspecified atom stereocenters. The Morgan fingerprint density at radius 2 is 1.86 bits per heavy atom. The summed E-state index contributed by atoms with van der Waals surface area (Å²) in [6, 6.07) is 11.2. The number of nitro benzene ring substituents is 1. The second-order valence-electron chi connectivity index (χ2n) is 7.19. The fraction of sp³-hybridized carbons (Fsp3) is 0.250. The average molecular weight is 403 g/mol. The van der Waals surface area contributed by atoms with Gasteiger partial charge in [-0.25, -0.2) is 9.36 Å². The van der Waals surface area contributed by atoms with E-state index in [4.69, 9.17) is 21.1 Å². The first kappa shape index (κ1) is 19.7. The number of rotatable bonds is 3. The van der Waals surface area contributed by atoms with Crippen molar-refractivity contribution in [1.29, 1.82) is 0 Å². The van der Waals surface area contributed by atoms with Crippen molar-refractivity contribution in [1.82, 2.24) is 4.57 Å². The van der Waals surface area contributed by atoms with E-state index in [0.29, 0.717) is 22.3 Å². The van der Waals surface area contributed by atoms with E-state index in [-0.39, 0.29) is 16.3 Å². The standard InChI is InChI=1S/C20H19ClN2O5/c1-20(2,3)28-19(24)22-16-8-6-14(27-4)9-12(16)10-17(22)15-7-5-13(21)11-18(15)23(25)26/h5-11H,1-4H3. The number of nitrogens with zero attached hydrogens (tertiary/aromatic N) is 2. The summed E-state index contributed by atoms with van der Waals surface area (Å²) in [6.07, 6.45) is -0.632. The average Bonchev–Trinajstić information content (AvgIpc) is 2.98. The lowest BCUT2D eigenvalue weighted by atomic mass is 10.1. The molecule has 3 rings (SSSR count). The van der Waals surface area contributed by atoms with E-state index >= 15 is 0 Å². The molecule has 0 aliphatic carbocycles. The number of hydrogen-bond donors (Lipinski definition) is 0. The number of halogens is 1. The second-order valence-corrected chi connectivity index (χ2v) is 7.63. The van der Waals surface area contributed by atoms with Gasteiger partial charge >= 0.3 is 6.09 Å². The maximum absolute atomic E-state index is 12.9. The minimum atomic E-state index is -0.733. The van der Waals surface area contributed by atoms with Crippen LogP contribution in [0, 0.1) is 10.1 Å². The van der Waals surface area contributed by atoms with E-state index < -0.39 is 16.6 Å². The summed E-state index contributed by atoms with van der Waals surface area (Å²) in [5.41, 5.74) is 0.209. The Balaban J connectivity index is 2.31. The van der Waals surface area contributed by atoms with Gasteiger partial charge in [0, 0.05) is 16.5 Å². The summed E-state index contributed by atoms with van der Waals surface area (Å²) in [6.45, 7) is 5.26. The minimum Gasteiger partial charge on any atom is -0.497 e. The van der Waals surface area contributed by atoms with Crippen LogP contribution in [0.4, 0.5) is 10.5 Å². The predicted octanol–water partition coefficient (Wildman–Crippen LogP) is 5.66. The zero-order valence-electron chi connectivity index (χ0n) is 15.9. The largest absolute Gasteiger partial charge is 0.497 e. The van der Waals surface area contributed by atoms with Crippen molar-refractivity contribution >= 4 is 34.3 Å². The Kier molecular flexibility index (Phi) is 5.04. The molecule has 0 spiro atoms. The van der Waals surface area contributed by atoms with E-state index in [1.54, 1.807) is 51.1 Å². The van der Waals surface area contributed by atoms with Gasteiger partial charge in [-0.15, -0.1) is 0 Å². The number of carbonyl (C=O) groups excluding carboxylic acids is 1. The van der Waals surface area contributed by atoms with Crippen LogP contribution in [0.15, 0.2) is 42.5 Å². The molecule has 0 aliphatic rings. The number of hydrogen-bond acceptors (Lipinski definition) is 5. The first-order valence-electron chi connectivity index (χ1n) is 8.48. The topological polar surface area (TPSA) is 83.6 Å². The summed E-state index contributed by atoms with van der Waals surface area (Å²) in [4.78, 5) is 24.0. The molecule has 0 saturated carbocycles. The molecular formula is C20H19ClN2O5. The number of fused-ring (bicyclic) bond motifs is 1. The molecule has 3 aromatic rings. The normalized spacial score (nSPS) is 11.5. The van der Waals surface area contributed by atoms with Crippen molar-refractivity contribution in [3.8, 4) is 17.0 Å². The van der Waals surface area contributed by atoms with Crippen molar-refractivity contribution in [2.24, 2.45) is 0 Å². The molecule has 0 bridgehead atoms. The highest BCUT2D eigenvalue weighted by atomic mass is 35.5. The fourth-order valence-corrected chi connectivity index (χ4v) is 3.06. The Hall–Kier alpha value is -3.06. The smallest absolute Gasteiger partial charge is 0.419 e. The van der Waals surface area contributed by atoms with Crippen LogP contribution in [0.25, 0.3) is 22.2 Å². The maximum Gasteiger partial charge on any atom is 0.419 e. The van der Waals surface area contributed by atoms with Crippen LogP contribution < -0.4 is 4.74 Å². The molecule has 8 heteroatoms. The van der Waals surface area contributed by atoms with Gasteiger partial charge in [0.2, 0.25) is 0 Å². The van der Waals surface area contributed by atoms with Crippen molar-refractivity contribution < 1.29 is 19.2 Å². The van der Waals surface area contributed by atoms with Crippen LogP contribution in [-0.4, -0.2) is 28.3 Å². The Bertz CT molecular complexity index is 1080. The number of methoxy groups -OCH3 is 1. The molecule has 0 saturated heterocycles. The van der Waals surface area contributed by atoms with E-state index in [9.17, 15) is 14.9 Å². The molecule has 0 fully saturated rings. The first-order valence-corrected chi connectivity index (χ1v) is 8.85. The Morgan fingerprint density at radius 1 is 1.14 bits per heavy atom. The highest BCUT2D eigenvalue weighted by Crippen LogP contribution is 2.37. The highest BCUT2D eigenvalue weighted by molar-refractivity contribution is 6.31. The van der Waals surface area contributed by atoms with Gasteiger partial charge in [-0.1, -0.05) is 11.6 Å². The van der Waals surface area contributed by atoms with Crippen LogP contribution in [0.5, 0.6) is 5.75 Å². The van der Waals surface area contributed by atoms with Gasteiger partial charge < -0.3 is 9.47 Å². The van der Waals surface area contributed by atoms with Gasteiger partial charge in [0.05, 0.1) is 28.8 Å². The summed E-state index contributed by atoms with van der Waals surface area (Å²) < 4.78 is 12.1. The maximum atomic E-state index is 12.9. The summed E-state index contributed by atoms with van der Waals surface area (Å²) >= 11 is 5.94. The lowest BCUT2D eigenvalue weighted by molar-refractivity contribution is -0.384. The molecule has 0 N–H and O–H groups in total. The zero-order chi connectivity index (χ0) is 20.6. The first-order chi connectivity index (χ1) is 13.1. The molecule has 1 heterocycles. The monoisotopic (exact) mass is 402 g/mol. The molecule has 0 aliphatic heterocycles. The van der Waals surface area contributed by atoms with E-state index in [1.807, 2.05) is 0 Å². The second kappa shape index (κ2) is 7.16. The quantitative estimate of drug-likeness (QED) is 0.416. The van der Waals surface area contributed by atoms with Crippen LogP contribution >= 0.6 is 11.6 Å². The van der Waals surface area contributed by atoms with Gasteiger partial charge in [-0.05, 0) is 57.2 Å². The number of nitro groups is 1. The Labute approximate surface area is 166 Å². The molecule has 0 radical (unpaired) electrons. The number of benzene rings is 2. The summed E-state index contributed by atoms with van der Waals surface area (Å²) in [5.74, 6) is 0.603. The molecule has 2 aromatic carbocycles. The molecule has 0 atom stereocenters. The third-order valence-corrected chi connectivity index (χ3v) is 4.25. The molecule has 7 nitrogen and oxygen atoms in total. The Morgan fingerprint density at radius 3 is 2.46 bits per heavy atom. The van der Waals surface area contributed by atoms with Crippen molar-refractivity contribution in [3.05, 3.63) is 57.6 Å². The van der Waals surface area contributed by atoms with E-state index in [1.165, 1.54) is 23.8 Å². The fourth-order valence-electron chi connectivity index (χ4n) is 2.90. The van der Waals surface area contributed by atoms with Gasteiger partial charge in [-0.2, -0.15) is 0 Å². The number of aromatic nitrogens is 1.